The molecular formula is C15H15ClN2O2S. The lowest BCUT2D eigenvalue weighted by Crippen LogP contribution is -1.97. The van der Waals surface area contributed by atoms with Crippen LogP contribution < -0.4 is 9.47 Å². The van der Waals surface area contributed by atoms with Crippen LogP contribution in [0.5, 0.6) is 11.5 Å². The Hall–Kier alpha value is -1.85. The van der Waals surface area contributed by atoms with E-state index in [0.717, 1.165) is 5.56 Å². The number of ether oxygens (including phenoxy) is 2. The van der Waals surface area contributed by atoms with E-state index in [-0.39, 0.29) is 0 Å². The van der Waals surface area contributed by atoms with E-state index in [1.54, 1.807) is 13.2 Å². The first kappa shape index (κ1) is 15.5. The Morgan fingerprint density at radius 3 is 2.86 bits per heavy atom. The van der Waals surface area contributed by atoms with Gasteiger partial charge in [-0.05, 0) is 43.4 Å². The summed E-state index contributed by atoms with van der Waals surface area (Å²) in [5, 5.41) is 0.449. The Kier molecular flexibility index (Phi) is 5.36. The van der Waals surface area contributed by atoms with Crippen molar-refractivity contribution < 1.29 is 9.47 Å². The third kappa shape index (κ3) is 4.06. The van der Waals surface area contributed by atoms with E-state index < -0.39 is 0 Å². The van der Waals surface area contributed by atoms with Gasteiger partial charge in [-0.1, -0.05) is 23.7 Å². The SMILES string of the molecule is CCOc1c(/C=C/c2cc(Cl)[nH]c(=S)n2)cccc1OC. The van der Waals surface area contributed by atoms with Crippen LogP contribution in [0.1, 0.15) is 18.2 Å². The molecule has 0 fully saturated rings. The standard InChI is InChI=1S/C15H15ClN2O2S/c1-3-20-14-10(5-4-6-12(14)19-2)7-8-11-9-13(16)18-15(21)17-11/h4-9H,3H2,1-2H3,(H,17,18,21)/b8-7+. The number of nitrogens with zero attached hydrogens (tertiary/aromatic N) is 1. The molecule has 0 saturated carbocycles. The molecule has 2 aromatic rings. The van der Waals surface area contributed by atoms with Crippen molar-refractivity contribution in [3.63, 3.8) is 0 Å². The molecule has 0 aliphatic carbocycles. The quantitative estimate of drug-likeness (QED) is 0.656. The van der Waals surface area contributed by atoms with E-state index in [1.165, 1.54) is 0 Å². The molecule has 4 nitrogen and oxygen atoms in total. The molecule has 0 saturated heterocycles. The fraction of sp³-hybridized carbons (Fsp3) is 0.200. The summed E-state index contributed by atoms with van der Waals surface area (Å²) in [7, 11) is 1.61. The number of H-pyrrole nitrogens is 1. The lowest BCUT2D eigenvalue weighted by atomic mass is 10.1. The number of nitrogens with one attached hydrogen (secondary N) is 1. The minimum atomic E-state index is 0.345. The summed E-state index contributed by atoms with van der Waals surface area (Å²) in [6, 6.07) is 7.40. The maximum absolute atomic E-state index is 5.92. The van der Waals surface area contributed by atoms with Gasteiger partial charge in [0, 0.05) is 5.56 Å². The maximum atomic E-state index is 5.92. The summed E-state index contributed by atoms with van der Waals surface area (Å²) in [5.74, 6) is 1.39. The molecule has 0 bridgehead atoms. The molecule has 1 aromatic heterocycles. The van der Waals surface area contributed by atoms with Gasteiger partial charge in [0.1, 0.15) is 5.15 Å². The highest BCUT2D eigenvalue weighted by atomic mass is 35.5. The van der Waals surface area contributed by atoms with E-state index in [1.807, 2.05) is 37.3 Å². The van der Waals surface area contributed by atoms with Gasteiger partial charge in [0.25, 0.3) is 0 Å². The number of para-hydroxylation sites is 1. The van der Waals surface area contributed by atoms with E-state index >= 15 is 0 Å². The van der Waals surface area contributed by atoms with E-state index in [4.69, 9.17) is 33.3 Å². The molecule has 0 radical (unpaired) electrons. The van der Waals surface area contributed by atoms with Gasteiger partial charge in [-0.2, -0.15) is 0 Å². The van der Waals surface area contributed by atoms with Crippen LogP contribution in [0.2, 0.25) is 5.15 Å². The monoisotopic (exact) mass is 322 g/mol. The van der Waals surface area contributed by atoms with Gasteiger partial charge in [0.2, 0.25) is 0 Å². The third-order valence-electron chi connectivity index (χ3n) is 2.68. The summed E-state index contributed by atoms with van der Waals surface area (Å²) in [4.78, 5) is 6.93. The van der Waals surface area contributed by atoms with E-state index in [2.05, 4.69) is 9.97 Å². The minimum absolute atomic E-state index is 0.345. The van der Waals surface area contributed by atoms with Crippen molar-refractivity contribution in [3.05, 3.63) is 45.4 Å². The van der Waals surface area contributed by atoms with Gasteiger partial charge in [0.05, 0.1) is 19.4 Å². The van der Waals surface area contributed by atoms with Crippen molar-refractivity contribution in [2.24, 2.45) is 0 Å². The minimum Gasteiger partial charge on any atom is -0.493 e. The molecule has 1 heterocycles. The molecule has 21 heavy (non-hydrogen) atoms. The first-order valence-electron chi connectivity index (χ1n) is 6.38. The van der Waals surface area contributed by atoms with Crippen LogP contribution >= 0.6 is 23.8 Å². The van der Waals surface area contributed by atoms with Crippen molar-refractivity contribution in [1.29, 1.82) is 0 Å². The summed E-state index contributed by atoms with van der Waals surface area (Å²) in [5.41, 5.74) is 1.57. The molecule has 2 rings (SSSR count). The zero-order chi connectivity index (χ0) is 15.2. The zero-order valence-corrected chi connectivity index (χ0v) is 13.3. The molecule has 0 spiro atoms. The Morgan fingerprint density at radius 1 is 1.38 bits per heavy atom. The second kappa shape index (κ2) is 7.24. The number of halogens is 1. The average molecular weight is 323 g/mol. The molecule has 0 unspecified atom stereocenters. The highest BCUT2D eigenvalue weighted by Gasteiger charge is 2.07. The largest absolute Gasteiger partial charge is 0.493 e. The van der Waals surface area contributed by atoms with Gasteiger partial charge in [0.15, 0.2) is 16.3 Å². The van der Waals surface area contributed by atoms with Crippen molar-refractivity contribution >= 4 is 36.0 Å². The molecular weight excluding hydrogens is 308 g/mol. The molecule has 6 heteroatoms. The summed E-state index contributed by atoms with van der Waals surface area (Å²) in [6.45, 7) is 2.49. The second-order valence-corrected chi connectivity index (χ2v) is 4.90. The first-order valence-corrected chi connectivity index (χ1v) is 7.17. The smallest absolute Gasteiger partial charge is 0.198 e. The highest BCUT2D eigenvalue weighted by molar-refractivity contribution is 7.71. The van der Waals surface area contributed by atoms with Crippen LogP contribution in [-0.2, 0) is 0 Å². The maximum Gasteiger partial charge on any atom is 0.198 e. The average Bonchev–Trinajstić information content (AvgIpc) is 2.45. The lowest BCUT2D eigenvalue weighted by molar-refractivity contribution is 0.310. The zero-order valence-electron chi connectivity index (χ0n) is 11.7. The van der Waals surface area contributed by atoms with Gasteiger partial charge in [-0.25, -0.2) is 4.98 Å². The lowest BCUT2D eigenvalue weighted by Gasteiger charge is -2.11. The number of rotatable bonds is 5. The van der Waals surface area contributed by atoms with Gasteiger partial charge < -0.3 is 14.5 Å². The predicted molar refractivity (Wildman–Crippen MR) is 87.5 cm³/mol. The Bertz CT molecular complexity index is 713. The van der Waals surface area contributed by atoms with Crippen LogP contribution in [0, 0.1) is 4.77 Å². The third-order valence-corrected chi connectivity index (χ3v) is 3.08. The number of hydrogen-bond donors (Lipinski definition) is 1. The van der Waals surface area contributed by atoms with Crippen molar-refractivity contribution in [1.82, 2.24) is 9.97 Å². The molecule has 110 valence electrons. The van der Waals surface area contributed by atoms with Crippen molar-refractivity contribution in [3.8, 4) is 11.5 Å². The number of methoxy groups -OCH3 is 1. The Morgan fingerprint density at radius 2 is 2.19 bits per heavy atom. The van der Waals surface area contributed by atoms with Gasteiger partial charge >= 0.3 is 0 Å². The molecule has 0 atom stereocenters. The van der Waals surface area contributed by atoms with Crippen LogP contribution in [0.3, 0.4) is 0 Å². The Labute approximate surface area is 133 Å². The molecule has 1 N–H and O–H groups in total. The summed E-state index contributed by atoms with van der Waals surface area (Å²) in [6.07, 6.45) is 3.72. The molecule has 1 aromatic carbocycles. The number of benzene rings is 1. The topological polar surface area (TPSA) is 47.1 Å². The fourth-order valence-corrected chi connectivity index (χ4v) is 2.30. The van der Waals surface area contributed by atoms with Crippen LogP contribution in [0.25, 0.3) is 12.2 Å². The van der Waals surface area contributed by atoms with E-state index in [0.29, 0.717) is 33.7 Å². The van der Waals surface area contributed by atoms with Crippen molar-refractivity contribution in [2.45, 2.75) is 6.92 Å². The molecule has 0 aliphatic rings. The fourth-order valence-electron chi connectivity index (χ4n) is 1.83. The van der Waals surface area contributed by atoms with Crippen LogP contribution in [-0.4, -0.2) is 23.7 Å². The Balaban J connectivity index is 2.38. The van der Waals surface area contributed by atoms with Crippen LogP contribution in [0.4, 0.5) is 0 Å². The number of aromatic nitrogens is 2. The van der Waals surface area contributed by atoms with Crippen molar-refractivity contribution in [2.75, 3.05) is 13.7 Å². The number of aromatic amines is 1. The molecule has 0 aliphatic heterocycles. The number of hydrogen-bond acceptors (Lipinski definition) is 4. The van der Waals surface area contributed by atoms with Gasteiger partial charge in [-0.3, -0.25) is 0 Å². The van der Waals surface area contributed by atoms with Gasteiger partial charge in [-0.15, -0.1) is 0 Å². The summed E-state index contributed by atoms with van der Waals surface area (Å²) >= 11 is 10.9. The molecule has 0 amide bonds. The predicted octanol–water partition coefficient (Wildman–Crippen LogP) is 4.37. The first-order chi connectivity index (χ1) is 10.1. The summed E-state index contributed by atoms with van der Waals surface area (Å²) < 4.78 is 11.3. The highest BCUT2D eigenvalue weighted by Crippen LogP contribution is 2.32. The van der Waals surface area contributed by atoms with E-state index in [9.17, 15) is 0 Å². The van der Waals surface area contributed by atoms with Crippen LogP contribution in [0.15, 0.2) is 24.3 Å². The normalized spacial score (nSPS) is 10.8. The second-order valence-electron chi connectivity index (χ2n) is 4.10.